The quantitative estimate of drug-likeness (QED) is 0.807. The highest BCUT2D eigenvalue weighted by Crippen LogP contribution is 2.22. The van der Waals surface area contributed by atoms with Crippen LogP contribution in [0.1, 0.15) is 23.8 Å². The van der Waals surface area contributed by atoms with Crippen LogP contribution in [-0.2, 0) is 27.7 Å². The molecule has 2 aromatic rings. The minimum atomic E-state index is -3.71. The van der Waals surface area contributed by atoms with Crippen LogP contribution in [0.3, 0.4) is 0 Å². The largest absolute Gasteiger partial charge is 0.481 e. The van der Waals surface area contributed by atoms with E-state index in [0.717, 1.165) is 29.7 Å². The Morgan fingerprint density at radius 2 is 2.00 bits per heavy atom. The van der Waals surface area contributed by atoms with Crippen LogP contribution in [0, 0.1) is 0 Å². The van der Waals surface area contributed by atoms with Gasteiger partial charge in [-0.2, -0.15) is 0 Å². The van der Waals surface area contributed by atoms with E-state index in [-0.39, 0.29) is 16.4 Å². The number of carbonyl (C=O) groups is 1. The van der Waals surface area contributed by atoms with Crippen molar-refractivity contribution in [1.82, 2.24) is 4.98 Å². The molecule has 8 heteroatoms. The molecule has 0 unspecified atom stereocenters. The second-order valence-electron chi connectivity index (χ2n) is 4.70. The fourth-order valence-electron chi connectivity index (χ4n) is 1.88. The van der Waals surface area contributed by atoms with Crippen molar-refractivity contribution >= 4 is 32.5 Å². The molecular formula is C14H16N2O4S2. The lowest BCUT2D eigenvalue weighted by molar-refractivity contribution is -0.136. The van der Waals surface area contributed by atoms with Crippen LogP contribution in [0.15, 0.2) is 35.4 Å². The number of hydrogen-bond donors (Lipinski definition) is 2. The highest BCUT2D eigenvalue weighted by Gasteiger charge is 2.16. The zero-order chi connectivity index (χ0) is 16.2. The number of aryl methyl sites for hydroxylation is 1. The summed E-state index contributed by atoms with van der Waals surface area (Å²) < 4.78 is 26.8. The molecule has 0 spiro atoms. The van der Waals surface area contributed by atoms with Crippen LogP contribution in [0.25, 0.3) is 0 Å². The van der Waals surface area contributed by atoms with E-state index in [1.165, 1.54) is 6.20 Å². The number of thiazole rings is 1. The van der Waals surface area contributed by atoms with Gasteiger partial charge in [-0.3, -0.25) is 9.52 Å². The maximum absolute atomic E-state index is 12.2. The molecule has 2 rings (SSSR count). The third kappa shape index (κ3) is 4.28. The Bertz CT molecular complexity index is 751. The minimum absolute atomic E-state index is 0.155. The summed E-state index contributed by atoms with van der Waals surface area (Å²) in [5.41, 5.74) is 1.08. The molecule has 0 aliphatic carbocycles. The molecule has 6 nitrogen and oxygen atoms in total. The van der Waals surface area contributed by atoms with Crippen LogP contribution in [0.4, 0.5) is 5.13 Å². The smallest absolute Gasteiger partial charge is 0.308 e. The summed E-state index contributed by atoms with van der Waals surface area (Å²) in [6.07, 6.45) is 3.08. The monoisotopic (exact) mass is 340 g/mol. The first kappa shape index (κ1) is 16.4. The summed E-state index contributed by atoms with van der Waals surface area (Å²) in [6.45, 7) is 2.06. The Morgan fingerprint density at radius 1 is 1.32 bits per heavy atom. The lowest BCUT2D eigenvalue weighted by Gasteiger charge is -2.06. The van der Waals surface area contributed by atoms with Gasteiger partial charge in [-0.05, 0) is 24.1 Å². The van der Waals surface area contributed by atoms with Crippen LogP contribution in [0.5, 0.6) is 0 Å². The average Bonchev–Trinajstić information content (AvgIpc) is 2.85. The zero-order valence-electron chi connectivity index (χ0n) is 11.9. The van der Waals surface area contributed by atoms with Gasteiger partial charge in [0.1, 0.15) is 0 Å². The Labute approximate surface area is 132 Å². The molecule has 0 bridgehead atoms. The minimum Gasteiger partial charge on any atom is -0.481 e. The second kappa shape index (κ2) is 6.89. The van der Waals surface area contributed by atoms with Crippen LogP contribution in [0.2, 0.25) is 0 Å². The predicted molar refractivity (Wildman–Crippen MR) is 84.7 cm³/mol. The number of anilines is 1. The van der Waals surface area contributed by atoms with Crippen LogP contribution in [-0.4, -0.2) is 24.5 Å². The van der Waals surface area contributed by atoms with Gasteiger partial charge in [0, 0.05) is 11.1 Å². The summed E-state index contributed by atoms with van der Waals surface area (Å²) in [6, 6.07) is 6.68. The number of aliphatic carboxylic acids is 1. The number of nitrogens with zero attached hydrogens (tertiary/aromatic N) is 1. The molecule has 0 radical (unpaired) electrons. The summed E-state index contributed by atoms with van der Waals surface area (Å²) >= 11 is 1.01. The number of rotatable bonds is 7. The van der Waals surface area contributed by atoms with Gasteiger partial charge in [-0.1, -0.05) is 25.5 Å². The predicted octanol–water partition coefficient (Wildman–Crippen LogP) is 2.52. The van der Waals surface area contributed by atoms with E-state index in [9.17, 15) is 13.2 Å². The molecule has 1 heterocycles. The van der Waals surface area contributed by atoms with Gasteiger partial charge in [-0.15, -0.1) is 11.3 Å². The number of benzene rings is 1. The number of sulfonamides is 1. The average molecular weight is 340 g/mol. The lowest BCUT2D eigenvalue weighted by Crippen LogP contribution is -2.12. The maximum Gasteiger partial charge on any atom is 0.308 e. The zero-order valence-corrected chi connectivity index (χ0v) is 13.6. The summed E-state index contributed by atoms with van der Waals surface area (Å²) in [5, 5.41) is 8.86. The van der Waals surface area contributed by atoms with Crippen molar-refractivity contribution in [2.75, 3.05) is 4.72 Å². The molecule has 22 heavy (non-hydrogen) atoms. The Kier molecular flexibility index (Phi) is 5.15. The summed E-state index contributed by atoms with van der Waals surface area (Å²) in [5.74, 6) is -0.982. The number of aromatic nitrogens is 1. The topological polar surface area (TPSA) is 96.4 Å². The van der Waals surface area contributed by atoms with Gasteiger partial charge in [0.2, 0.25) is 0 Å². The van der Waals surface area contributed by atoms with Crippen molar-refractivity contribution in [3.63, 3.8) is 0 Å². The van der Waals surface area contributed by atoms with Crippen LogP contribution < -0.4 is 4.72 Å². The van der Waals surface area contributed by atoms with Crippen molar-refractivity contribution in [2.24, 2.45) is 0 Å². The SMILES string of the molecule is CCCc1ccc(S(=O)(=O)Nc2ncc(CC(=O)O)s2)cc1. The standard InChI is InChI=1S/C14H16N2O4S2/c1-2-3-10-4-6-12(7-5-10)22(19,20)16-14-15-9-11(21-14)8-13(17)18/h4-7,9H,2-3,8H2,1H3,(H,15,16)(H,17,18). The molecule has 1 aromatic carbocycles. The number of carboxylic acids is 1. The van der Waals surface area contributed by atoms with Gasteiger partial charge >= 0.3 is 5.97 Å². The van der Waals surface area contributed by atoms with E-state index in [1.54, 1.807) is 24.3 Å². The van der Waals surface area contributed by atoms with E-state index < -0.39 is 16.0 Å². The normalized spacial score (nSPS) is 11.3. The molecule has 1 aromatic heterocycles. The van der Waals surface area contributed by atoms with Crippen molar-refractivity contribution in [1.29, 1.82) is 0 Å². The van der Waals surface area contributed by atoms with Crippen molar-refractivity contribution in [2.45, 2.75) is 31.1 Å². The molecule has 118 valence electrons. The highest BCUT2D eigenvalue weighted by molar-refractivity contribution is 7.93. The van der Waals surface area contributed by atoms with Crippen molar-refractivity contribution in [3.05, 3.63) is 40.9 Å². The molecule has 0 amide bonds. The maximum atomic E-state index is 12.2. The molecule has 0 saturated carbocycles. The molecule has 0 aliphatic rings. The first-order valence-corrected chi connectivity index (χ1v) is 8.99. The third-order valence-electron chi connectivity index (χ3n) is 2.87. The van der Waals surface area contributed by atoms with E-state index in [4.69, 9.17) is 5.11 Å². The van der Waals surface area contributed by atoms with E-state index in [0.29, 0.717) is 4.88 Å². The number of carboxylic acid groups (broad SMARTS) is 1. The summed E-state index contributed by atoms with van der Waals surface area (Å²) in [7, 11) is -3.71. The number of hydrogen-bond acceptors (Lipinski definition) is 5. The summed E-state index contributed by atoms with van der Waals surface area (Å²) in [4.78, 5) is 15.1. The molecule has 2 N–H and O–H groups in total. The molecule has 0 fully saturated rings. The Hall–Kier alpha value is -1.93. The van der Waals surface area contributed by atoms with E-state index in [1.807, 2.05) is 0 Å². The van der Waals surface area contributed by atoms with Gasteiger partial charge in [0.15, 0.2) is 5.13 Å². The Morgan fingerprint density at radius 3 is 2.59 bits per heavy atom. The van der Waals surface area contributed by atoms with Gasteiger partial charge in [0.05, 0.1) is 11.3 Å². The van der Waals surface area contributed by atoms with E-state index in [2.05, 4.69) is 16.6 Å². The van der Waals surface area contributed by atoms with Crippen molar-refractivity contribution < 1.29 is 18.3 Å². The van der Waals surface area contributed by atoms with Gasteiger partial charge < -0.3 is 5.11 Å². The number of nitrogens with one attached hydrogen (secondary N) is 1. The molecule has 0 atom stereocenters. The fraction of sp³-hybridized carbons (Fsp3) is 0.286. The molecular weight excluding hydrogens is 324 g/mol. The van der Waals surface area contributed by atoms with Crippen LogP contribution >= 0.6 is 11.3 Å². The molecule has 0 saturated heterocycles. The van der Waals surface area contributed by atoms with Gasteiger partial charge in [0.25, 0.3) is 10.0 Å². The van der Waals surface area contributed by atoms with Gasteiger partial charge in [-0.25, -0.2) is 13.4 Å². The Balaban J connectivity index is 2.13. The highest BCUT2D eigenvalue weighted by atomic mass is 32.2. The third-order valence-corrected chi connectivity index (χ3v) is 5.27. The molecule has 0 aliphatic heterocycles. The fourth-order valence-corrected chi connectivity index (χ4v) is 3.93. The van der Waals surface area contributed by atoms with Crippen molar-refractivity contribution in [3.8, 4) is 0 Å². The lowest BCUT2D eigenvalue weighted by atomic mass is 10.1. The first-order valence-electron chi connectivity index (χ1n) is 6.69. The van der Waals surface area contributed by atoms with E-state index >= 15 is 0 Å². The first-order chi connectivity index (χ1) is 10.4. The second-order valence-corrected chi connectivity index (χ2v) is 7.50.